The SMILES string of the molecule is C[C]1[CH][P][C](C=O)[C]1C.[C-]#[O+].[C-]#[O+].[Mn].c1ccc(P(c2ccccc2)c2ccccc2)cc1. The molecule has 0 amide bonds. The molecule has 0 aromatic heterocycles. The second-order valence-corrected chi connectivity index (χ2v) is 9.63. The molecule has 0 spiro atoms. The van der Waals surface area contributed by atoms with Crippen LogP contribution in [0.15, 0.2) is 91.0 Å². The Morgan fingerprint density at radius 2 is 1.03 bits per heavy atom. The molecule has 0 bridgehead atoms. The first-order valence-electron chi connectivity index (χ1n) is 9.61. The zero-order valence-corrected chi connectivity index (χ0v) is 21.3. The molecule has 0 aliphatic carbocycles. The van der Waals surface area contributed by atoms with Gasteiger partial charge in [-0.05, 0) is 41.8 Å². The number of benzene rings is 3. The minimum absolute atomic E-state index is 0. The zero-order chi connectivity index (χ0) is 23.8. The third kappa shape index (κ3) is 9.91. The molecule has 33 heavy (non-hydrogen) atoms. The molecule has 3 aromatic rings. The molecule has 0 atom stereocenters. The second kappa shape index (κ2) is 18.6. The van der Waals surface area contributed by atoms with Gasteiger partial charge in [0.2, 0.25) is 0 Å². The van der Waals surface area contributed by atoms with E-state index in [2.05, 4.69) is 110 Å². The Kier molecular flexibility index (Phi) is 17.6. The van der Waals surface area contributed by atoms with E-state index in [-0.39, 0.29) is 17.1 Å². The molecule has 1 heterocycles. The minimum atomic E-state index is -0.446. The van der Waals surface area contributed by atoms with Crippen LogP contribution in [0, 0.1) is 37.0 Å². The minimum Gasteiger partial charge on any atom is -0.0622 e. The van der Waals surface area contributed by atoms with Gasteiger partial charge in [0.15, 0.2) is 0 Å². The van der Waals surface area contributed by atoms with Crippen molar-refractivity contribution in [1.82, 2.24) is 0 Å². The number of carbonyl (C=O) groups is 1. The summed E-state index contributed by atoms with van der Waals surface area (Å²) in [6, 6.07) is 32.3. The summed E-state index contributed by atoms with van der Waals surface area (Å²) in [5, 5.41) is 4.19. The van der Waals surface area contributed by atoms with Crippen molar-refractivity contribution in [3.63, 3.8) is 0 Å². The van der Waals surface area contributed by atoms with E-state index in [9.17, 15) is 4.79 Å². The summed E-state index contributed by atoms with van der Waals surface area (Å²) in [5.41, 5.74) is 0.910. The fourth-order valence-corrected chi connectivity index (χ4v) is 6.12. The fraction of sp³-hybridized carbons (Fsp3) is 0.0741. The molecule has 0 unspecified atom stereocenters. The molecule has 0 saturated carbocycles. The Morgan fingerprint density at radius 1 is 0.697 bits per heavy atom. The maximum absolute atomic E-state index is 10.3. The largest absolute Gasteiger partial charge is 0.0622 e. The van der Waals surface area contributed by atoms with Gasteiger partial charge in [-0.3, -0.25) is 0 Å². The van der Waals surface area contributed by atoms with Crippen molar-refractivity contribution in [1.29, 1.82) is 0 Å². The van der Waals surface area contributed by atoms with Crippen molar-refractivity contribution in [3.05, 3.63) is 128 Å². The maximum atomic E-state index is 10.3. The number of aldehydes is 1. The molecule has 4 rings (SSSR count). The van der Waals surface area contributed by atoms with Gasteiger partial charge in [0, 0.05) is 17.1 Å². The van der Waals surface area contributed by atoms with Crippen molar-refractivity contribution >= 4 is 38.7 Å². The Labute approximate surface area is 211 Å². The number of hydrogen-bond donors (Lipinski definition) is 0. The van der Waals surface area contributed by atoms with Gasteiger partial charge in [0.25, 0.3) is 0 Å². The van der Waals surface area contributed by atoms with Gasteiger partial charge in [-0.15, -0.1) is 0 Å². The summed E-state index contributed by atoms with van der Waals surface area (Å²) in [6.45, 7) is 13.0. The fourth-order valence-electron chi connectivity index (χ4n) is 2.86. The van der Waals surface area contributed by atoms with Crippen LogP contribution in [0.25, 0.3) is 0 Å². The number of rotatable bonds is 4. The Balaban J connectivity index is 0.000000621. The Morgan fingerprint density at radius 3 is 1.24 bits per heavy atom. The predicted octanol–water partition coefficient (Wildman–Crippen LogP) is 5.39. The Hall–Kier alpha value is -1.81. The zero-order valence-electron chi connectivity index (χ0n) is 18.3. The van der Waals surface area contributed by atoms with E-state index >= 15 is 0 Å². The van der Waals surface area contributed by atoms with Crippen LogP contribution in [0.1, 0.15) is 13.8 Å². The van der Waals surface area contributed by atoms with Gasteiger partial charge in [-0.1, -0.05) is 113 Å². The van der Waals surface area contributed by atoms with E-state index in [0.29, 0.717) is 0 Å². The molecule has 6 radical (unpaired) electrons. The first-order valence-corrected chi connectivity index (χ1v) is 11.9. The van der Waals surface area contributed by atoms with E-state index in [1.165, 1.54) is 21.8 Å². The van der Waals surface area contributed by atoms with E-state index in [1.807, 2.05) is 13.8 Å². The average Bonchev–Trinajstić information content (AvgIpc) is 3.21. The van der Waals surface area contributed by atoms with Crippen LogP contribution < -0.4 is 15.9 Å². The van der Waals surface area contributed by atoms with Crippen LogP contribution in [-0.4, -0.2) is 6.29 Å². The molecule has 1 aliphatic heterocycles. The van der Waals surface area contributed by atoms with Crippen LogP contribution in [-0.2, 0) is 31.2 Å². The topological polar surface area (TPSA) is 56.9 Å². The summed E-state index contributed by atoms with van der Waals surface area (Å²) in [6.07, 6.45) is 2.99. The van der Waals surface area contributed by atoms with Crippen LogP contribution in [0.2, 0.25) is 0 Å². The summed E-state index contributed by atoms with van der Waals surface area (Å²) in [7, 11) is 0.613. The van der Waals surface area contributed by atoms with E-state index in [0.717, 1.165) is 26.4 Å². The van der Waals surface area contributed by atoms with E-state index in [1.54, 1.807) is 0 Å². The third-order valence-electron chi connectivity index (χ3n) is 4.53. The second-order valence-electron chi connectivity index (χ2n) is 6.41. The van der Waals surface area contributed by atoms with Gasteiger partial charge in [0.1, 0.15) is 6.29 Å². The quantitative estimate of drug-likeness (QED) is 0.152. The van der Waals surface area contributed by atoms with Crippen molar-refractivity contribution in [2.45, 2.75) is 13.8 Å². The monoisotopic (exact) mass is 512 g/mol. The van der Waals surface area contributed by atoms with Crippen LogP contribution in [0.3, 0.4) is 0 Å². The molecule has 0 N–H and O–H groups in total. The molecular formula is C27H23MnO3P2. The van der Waals surface area contributed by atoms with Crippen LogP contribution in [0.5, 0.6) is 0 Å². The van der Waals surface area contributed by atoms with Gasteiger partial charge in [-0.2, -0.15) is 0 Å². The number of carbonyl (C=O) groups excluding carboxylic acids is 1. The smallest absolute Gasteiger partial charge is 0 e. The first kappa shape index (κ1) is 31.2. The van der Waals surface area contributed by atoms with Gasteiger partial charge in [-0.25, -0.2) is 0 Å². The summed E-state index contributed by atoms with van der Waals surface area (Å²) in [4.78, 5) is 10.3. The molecule has 3 aromatic carbocycles. The summed E-state index contributed by atoms with van der Waals surface area (Å²) < 4.78 is 15.0. The van der Waals surface area contributed by atoms with Crippen molar-refractivity contribution in [3.8, 4) is 0 Å². The van der Waals surface area contributed by atoms with Gasteiger partial charge < -0.3 is 4.79 Å². The molecule has 1 aliphatic rings. The van der Waals surface area contributed by atoms with Gasteiger partial charge >= 0.3 is 22.6 Å². The van der Waals surface area contributed by atoms with Crippen molar-refractivity contribution in [2.24, 2.45) is 0 Å². The Bertz CT molecular complexity index is 834. The molecule has 1 fully saturated rings. The third-order valence-corrected chi connectivity index (χ3v) is 8.21. The molecule has 6 heteroatoms. The molecular weight excluding hydrogens is 489 g/mol. The summed E-state index contributed by atoms with van der Waals surface area (Å²) in [5.74, 6) is 2.38. The van der Waals surface area contributed by atoms with Crippen LogP contribution >= 0.6 is 16.5 Å². The van der Waals surface area contributed by atoms with Crippen molar-refractivity contribution in [2.75, 3.05) is 0 Å². The molecule has 3 nitrogen and oxygen atoms in total. The normalized spacial score (nSPS) is 13.8. The summed E-state index contributed by atoms with van der Waals surface area (Å²) >= 11 is 0. The van der Waals surface area contributed by atoms with Crippen molar-refractivity contribution < 1.29 is 31.2 Å². The van der Waals surface area contributed by atoms with E-state index in [4.69, 9.17) is 9.30 Å². The number of hydrogen-bond acceptors (Lipinski definition) is 1. The maximum Gasteiger partial charge on any atom is 0 e. The average molecular weight is 512 g/mol. The van der Waals surface area contributed by atoms with Crippen LogP contribution in [0.4, 0.5) is 0 Å². The predicted molar refractivity (Wildman–Crippen MR) is 131 cm³/mol. The van der Waals surface area contributed by atoms with E-state index < -0.39 is 7.92 Å². The molecule has 166 valence electrons. The molecule has 1 saturated heterocycles. The standard InChI is InChI=1S/C18H15P.C7H8OP.2CO.Mn/c1-4-10-16(11-5-1)19(17-12-6-2-7-13-17)18-14-8-3-9-15-18;1-5-4-9-7(3-8)6(5)2;2*1-2;/h1-15H;3-4H,1-2H3;;;. The first-order chi connectivity index (χ1) is 15.7. The van der Waals surface area contributed by atoms with Gasteiger partial charge in [0.05, 0.1) is 5.66 Å².